The molecule has 1 amide bonds. The molecule has 0 spiro atoms. The van der Waals surface area contributed by atoms with Crippen molar-refractivity contribution in [2.24, 2.45) is 0 Å². The van der Waals surface area contributed by atoms with Crippen LogP contribution in [0.25, 0.3) is 0 Å². The number of ether oxygens (including phenoxy) is 3. The van der Waals surface area contributed by atoms with E-state index in [-0.39, 0.29) is 25.2 Å². The minimum atomic E-state index is -1.19. The predicted molar refractivity (Wildman–Crippen MR) is 74.6 cm³/mol. The molecule has 0 bridgehead atoms. The van der Waals surface area contributed by atoms with Crippen molar-refractivity contribution in [3.05, 3.63) is 0 Å². The van der Waals surface area contributed by atoms with Gasteiger partial charge in [0.2, 0.25) is 5.91 Å². The number of rotatable bonds is 13. The van der Waals surface area contributed by atoms with Crippen LogP contribution in [-0.2, 0) is 19.0 Å². The van der Waals surface area contributed by atoms with Crippen LogP contribution in [0.4, 0.5) is 4.39 Å². The van der Waals surface area contributed by atoms with E-state index in [4.69, 9.17) is 14.2 Å². The SMILES string of the molecule is CNCC(C)OCCOCCOCC(F)CNC(C)=O. The van der Waals surface area contributed by atoms with E-state index in [9.17, 15) is 9.18 Å². The summed E-state index contributed by atoms with van der Waals surface area (Å²) >= 11 is 0. The molecule has 0 aliphatic heterocycles. The Kier molecular flexibility index (Phi) is 12.7. The number of amides is 1. The molecule has 2 unspecified atom stereocenters. The molecule has 0 saturated heterocycles. The number of nitrogens with one attached hydrogen (secondary N) is 2. The first-order chi connectivity index (χ1) is 9.56. The second kappa shape index (κ2) is 13.2. The van der Waals surface area contributed by atoms with Crippen molar-refractivity contribution in [1.29, 1.82) is 0 Å². The maximum Gasteiger partial charge on any atom is 0.216 e. The van der Waals surface area contributed by atoms with Crippen LogP contribution < -0.4 is 10.6 Å². The second-order valence-corrected chi connectivity index (χ2v) is 4.46. The summed E-state index contributed by atoms with van der Waals surface area (Å²) in [5.74, 6) is -0.247. The van der Waals surface area contributed by atoms with E-state index in [0.29, 0.717) is 26.4 Å². The Labute approximate surface area is 120 Å². The summed E-state index contributed by atoms with van der Waals surface area (Å²) in [6, 6.07) is 0. The van der Waals surface area contributed by atoms with E-state index in [2.05, 4.69) is 10.6 Å². The largest absolute Gasteiger partial charge is 0.377 e. The molecule has 2 N–H and O–H groups in total. The molecule has 0 aromatic heterocycles. The number of alkyl halides is 1. The van der Waals surface area contributed by atoms with Gasteiger partial charge in [0.05, 0.1) is 45.7 Å². The topological polar surface area (TPSA) is 68.8 Å². The van der Waals surface area contributed by atoms with Crippen molar-refractivity contribution in [1.82, 2.24) is 10.6 Å². The highest BCUT2D eigenvalue weighted by molar-refractivity contribution is 5.72. The van der Waals surface area contributed by atoms with Crippen molar-refractivity contribution in [3.8, 4) is 0 Å². The zero-order valence-corrected chi connectivity index (χ0v) is 12.6. The van der Waals surface area contributed by atoms with Crippen molar-refractivity contribution in [2.75, 3.05) is 53.2 Å². The smallest absolute Gasteiger partial charge is 0.216 e. The molecule has 0 aromatic carbocycles. The molecule has 0 aliphatic carbocycles. The quantitative estimate of drug-likeness (QED) is 0.472. The van der Waals surface area contributed by atoms with Gasteiger partial charge in [-0.15, -0.1) is 0 Å². The third kappa shape index (κ3) is 13.7. The molecule has 0 aliphatic rings. The van der Waals surface area contributed by atoms with Crippen LogP contribution in [0.3, 0.4) is 0 Å². The number of carbonyl (C=O) groups is 1. The lowest BCUT2D eigenvalue weighted by atomic mass is 10.4. The average Bonchev–Trinajstić information content (AvgIpc) is 2.39. The lowest BCUT2D eigenvalue weighted by Gasteiger charge is -2.12. The lowest BCUT2D eigenvalue weighted by molar-refractivity contribution is -0.119. The Morgan fingerprint density at radius 1 is 1.15 bits per heavy atom. The summed E-state index contributed by atoms with van der Waals surface area (Å²) in [6.07, 6.45) is -1.04. The number of hydrogen-bond acceptors (Lipinski definition) is 5. The molecule has 0 heterocycles. The molecule has 7 heteroatoms. The predicted octanol–water partition coefficient (Wildman–Crippen LogP) is 0.118. The third-order valence-corrected chi connectivity index (χ3v) is 2.36. The number of likely N-dealkylation sites (N-methyl/N-ethyl adjacent to an activating group) is 1. The maximum atomic E-state index is 13.1. The zero-order chi connectivity index (χ0) is 15.2. The Morgan fingerprint density at radius 3 is 2.45 bits per heavy atom. The molecule has 20 heavy (non-hydrogen) atoms. The normalized spacial score (nSPS) is 14.0. The molecular formula is C13H27FN2O4. The highest BCUT2D eigenvalue weighted by Crippen LogP contribution is 1.92. The summed E-state index contributed by atoms with van der Waals surface area (Å²) < 4.78 is 29.0. The van der Waals surface area contributed by atoms with Gasteiger partial charge in [-0.1, -0.05) is 0 Å². The number of halogens is 1. The number of carbonyl (C=O) groups excluding carboxylic acids is 1. The molecular weight excluding hydrogens is 267 g/mol. The zero-order valence-electron chi connectivity index (χ0n) is 12.6. The highest BCUT2D eigenvalue weighted by atomic mass is 19.1. The first-order valence-corrected chi connectivity index (χ1v) is 6.86. The molecule has 0 aromatic rings. The maximum absolute atomic E-state index is 13.1. The molecule has 0 radical (unpaired) electrons. The Balaban J connectivity index is 3.22. The van der Waals surface area contributed by atoms with Crippen molar-refractivity contribution in [3.63, 3.8) is 0 Å². The fourth-order valence-corrected chi connectivity index (χ4v) is 1.40. The van der Waals surface area contributed by atoms with Gasteiger partial charge >= 0.3 is 0 Å². The summed E-state index contributed by atoms with van der Waals surface area (Å²) in [5.41, 5.74) is 0. The van der Waals surface area contributed by atoms with Crippen LogP contribution in [0.15, 0.2) is 0 Å². The fraction of sp³-hybridized carbons (Fsp3) is 0.923. The first kappa shape index (κ1) is 19.2. The van der Waals surface area contributed by atoms with E-state index in [1.54, 1.807) is 0 Å². The van der Waals surface area contributed by atoms with E-state index in [1.165, 1.54) is 6.92 Å². The van der Waals surface area contributed by atoms with Gasteiger partial charge < -0.3 is 24.8 Å². The summed E-state index contributed by atoms with van der Waals surface area (Å²) in [7, 11) is 1.87. The molecule has 6 nitrogen and oxygen atoms in total. The highest BCUT2D eigenvalue weighted by Gasteiger charge is 2.06. The van der Waals surface area contributed by atoms with Crippen molar-refractivity contribution >= 4 is 5.91 Å². The van der Waals surface area contributed by atoms with E-state index in [0.717, 1.165) is 6.54 Å². The van der Waals surface area contributed by atoms with Crippen LogP contribution >= 0.6 is 0 Å². The van der Waals surface area contributed by atoms with Crippen molar-refractivity contribution in [2.45, 2.75) is 26.1 Å². The van der Waals surface area contributed by atoms with Gasteiger partial charge in [-0.3, -0.25) is 4.79 Å². The van der Waals surface area contributed by atoms with Gasteiger partial charge in [0.25, 0.3) is 0 Å². The number of hydrogen-bond donors (Lipinski definition) is 2. The molecule has 0 fully saturated rings. The lowest BCUT2D eigenvalue weighted by Crippen LogP contribution is -2.30. The summed E-state index contributed by atoms with van der Waals surface area (Å²) in [6.45, 7) is 5.81. The van der Waals surface area contributed by atoms with E-state index >= 15 is 0 Å². The van der Waals surface area contributed by atoms with Gasteiger partial charge in [-0.05, 0) is 14.0 Å². The molecule has 0 saturated carbocycles. The standard InChI is InChI=1S/C13H27FN2O4/c1-11(8-15-3)20-7-6-18-4-5-19-10-13(14)9-16-12(2)17/h11,13,15H,4-10H2,1-3H3,(H,16,17). The van der Waals surface area contributed by atoms with Gasteiger partial charge in [0, 0.05) is 13.5 Å². The fourth-order valence-electron chi connectivity index (χ4n) is 1.40. The van der Waals surface area contributed by atoms with Gasteiger partial charge in [0.1, 0.15) is 6.17 Å². The summed E-state index contributed by atoms with van der Waals surface area (Å²) in [5, 5.41) is 5.40. The van der Waals surface area contributed by atoms with Gasteiger partial charge in [0.15, 0.2) is 0 Å². The minimum absolute atomic E-state index is 0.0205. The Hall–Kier alpha value is -0.760. The van der Waals surface area contributed by atoms with Crippen LogP contribution in [-0.4, -0.2) is 71.4 Å². The van der Waals surface area contributed by atoms with E-state index < -0.39 is 6.17 Å². The van der Waals surface area contributed by atoms with Gasteiger partial charge in [-0.25, -0.2) is 4.39 Å². The van der Waals surface area contributed by atoms with Crippen molar-refractivity contribution < 1.29 is 23.4 Å². The molecule has 2 atom stereocenters. The van der Waals surface area contributed by atoms with E-state index in [1.807, 2.05) is 14.0 Å². The third-order valence-electron chi connectivity index (χ3n) is 2.36. The molecule has 120 valence electrons. The first-order valence-electron chi connectivity index (χ1n) is 6.86. The van der Waals surface area contributed by atoms with Crippen LogP contribution in [0.2, 0.25) is 0 Å². The average molecular weight is 294 g/mol. The van der Waals surface area contributed by atoms with Crippen LogP contribution in [0.5, 0.6) is 0 Å². The Bertz CT molecular complexity index is 244. The van der Waals surface area contributed by atoms with Crippen LogP contribution in [0, 0.1) is 0 Å². The van der Waals surface area contributed by atoms with Crippen LogP contribution in [0.1, 0.15) is 13.8 Å². The monoisotopic (exact) mass is 294 g/mol. The minimum Gasteiger partial charge on any atom is -0.377 e. The molecule has 0 rings (SSSR count). The summed E-state index contributed by atoms with van der Waals surface area (Å²) in [4.78, 5) is 10.6. The van der Waals surface area contributed by atoms with Gasteiger partial charge in [-0.2, -0.15) is 0 Å². The Morgan fingerprint density at radius 2 is 1.80 bits per heavy atom. The second-order valence-electron chi connectivity index (χ2n) is 4.46.